The lowest BCUT2D eigenvalue weighted by Gasteiger charge is -2.27. The molecule has 0 amide bonds. The molecule has 2 N–H and O–H groups in total. The highest BCUT2D eigenvalue weighted by molar-refractivity contribution is 6.30. The molecule has 27 heavy (non-hydrogen) atoms. The molecule has 0 saturated carbocycles. The molecule has 6 nitrogen and oxygen atoms in total. The highest BCUT2D eigenvalue weighted by atomic mass is 35.5. The van der Waals surface area contributed by atoms with E-state index in [1.54, 1.807) is 0 Å². The number of aromatic amines is 2. The van der Waals surface area contributed by atoms with E-state index in [1.165, 1.54) is 0 Å². The topological polar surface area (TPSA) is 77.7 Å². The summed E-state index contributed by atoms with van der Waals surface area (Å²) in [6.45, 7) is 4.30. The molecule has 0 fully saturated rings. The first-order valence-electron chi connectivity index (χ1n) is 9.25. The predicted octanol–water partition coefficient (Wildman–Crippen LogP) is 3.32. The summed E-state index contributed by atoms with van der Waals surface area (Å²) in [5.41, 5.74) is 4.88. The minimum atomic E-state index is -0.00160. The Kier molecular flexibility index (Phi) is 5.09. The van der Waals surface area contributed by atoms with Crippen LogP contribution in [0.3, 0.4) is 0 Å². The second kappa shape index (κ2) is 7.66. The summed E-state index contributed by atoms with van der Waals surface area (Å²) < 4.78 is 0. The van der Waals surface area contributed by atoms with E-state index < -0.39 is 0 Å². The van der Waals surface area contributed by atoms with Crippen molar-refractivity contribution < 1.29 is 0 Å². The summed E-state index contributed by atoms with van der Waals surface area (Å²) in [5.74, 6) is 0.801. The van der Waals surface area contributed by atoms with Crippen molar-refractivity contribution in [1.29, 1.82) is 0 Å². The van der Waals surface area contributed by atoms with E-state index >= 15 is 0 Å². The molecule has 140 valence electrons. The molecule has 7 heteroatoms. The van der Waals surface area contributed by atoms with E-state index in [9.17, 15) is 4.79 Å². The summed E-state index contributed by atoms with van der Waals surface area (Å²) in [7, 11) is 0. The zero-order chi connectivity index (χ0) is 18.8. The van der Waals surface area contributed by atoms with Gasteiger partial charge in [-0.15, -0.1) is 0 Å². The van der Waals surface area contributed by atoms with Gasteiger partial charge in [-0.3, -0.25) is 14.8 Å². The van der Waals surface area contributed by atoms with Crippen molar-refractivity contribution in [2.75, 3.05) is 6.54 Å². The maximum atomic E-state index is 12.5. The van der Waals surface area contributed by atoms with E-state index in [4.69, 9.17) is 11.6 Å². The monoisotopic (exact) mass is 383 g/mol. The van der Waals surface area contributed by atoms with Crippen LogP contribution in [0.2, 0.25) is 5.02 Å². The number of aromatic nitrogens is 4. The number of hydrogen-bond acceptors (Lipinski definition) is 4. The normalized spacial score (nSPS) is 14.3. The number of nitrogens with one attached hydrogen (secondary N) is 2. The van der Waals surface area contributed by atoms with Gasteiger partial charge in [0.15, 0.2) is 0 Å². The lowest BCUT2D eigenvalue weighted by molar-refractivity contribution is 0.241. The third-order valence-electron chi connectivity index (χ3n) is 4.93. The van der Waals surface area contributed by atoms with Gasteiger partial charge < -0.3 is 4.98 Å². The fourth-order valence-corrected chi connectivity index (χ4v) is 3.69. The number of fused-ring (bicyclic) bond motifs is 1. The van der Waals surface area contributed by atoms with E-state index in [1.807, 2.05) is 30.5 Å². The van der Waals surface area contributed by atoms with E-state index in [-0.39, 0.29) is 5.56 Å². The molecule has 0 bridgehead atoms. The van der Waals surface area contributed by atoms with Crippen LogP contribution >= 0.6 is 11.6 Å². The lowest BCUT2D eigenvalue weighted by Crippen LogP contribution is -2.35. The Hall–Kier alpha value is -2.44. The molecule has 1 aliphatic heterocycles. The zero-order valence-electron chi connectivity index (χ0n) is 15.3. The van der Waals surface area contributed by atoms with Gasteiger partial charge in [0.25, 0.3) is 5.56 Å². The Morgan fingerprint density at radius 3 is 2.85 bits per heavy atom. The van der Waals surface area contributed by atoms with Crippen LogP contribution in [0.5, 0.6) is 0 Å². The Labute approximate surface area is 162 Å². The number of nitrogens with zero attached hydrogens (tertiary/aromatic N) is 3. The van der Waals surface area contributed by atoms with Gasteiger partial charge in [-0.25, -0.2) is 4.98 Å². The average Bonchev–Trinajstić information content (AvgIpc) is 3.11. The molecule has 0 atom stereocenters. The first kappa shape index (κ1) is 17.9. The molecule has 0 radical (unpaired) electrons. The quantitative estimate of drug-likeness (QED) is 0.708. The summed E-state index contributed by atoms with van der Waals surface area (Å²) >= 11 is 5.99. The van der Waals surface area contributed by atoms with Crippen molar-refractivity contribution in [3.05, 3.63) is 68.5 Å². The van der Waals surface area contributed by atoms with Crippen LogP contribution in [0.4, 0.5) is 0 Å². The second-order valence-electron chi connectivity index (χ2n) is 6.93. The predicted molar refractivity (Wildman–Crippen MR) is 106 cm³/mol. The van der Waals surface area contributed by atoms with E-state index in [0.717, 1.165) is 66.3 Å². The molecule has 0 unspecified atom stereocenters. The minimum Gasteiger partial charge on any atom is -0.310 e. The molecule has 0 saturated heterocycles. The number of halogens is 1. The maximum Gasteiger partial charge on any atom is 0.255 e. The van der Waals surface area contributed by atoms with Crippen molar-refractivity contribution in [2.45, 2.75) is 39.3 Å². The average molecular weight is 384 g/mol. The van der Waals surface area contributed by atoms with Gasteiger partial charge in [0.05, 0.1) is 23.1 Å². The van der Waals surface area contributed by atoms with Gasteiger partial charge in [0.2, 0.25) is 0 Å². The van der Waals surface area contributed by atoms with E-state index in [0.29, 0.717) is 11.6 Å². The Morgan fingerprint density at radius 2 is 2.07 bits per heavy atom. The number of rotatable bonds is 5. The first-order valence-corrected chi connectivity index (χ1v) is 9.63. The Balaban J connectivity index is 1.54. The molecule has 1 aromatic carbocycles. The Bertz CT molecular complexity index is 992. The van der Waals surface area contributed by atoms with Crippen molar-refractivity contribution in [3.63, 3.8) is 0 Å². The standard InChI is InChI=1S/C20H22ClN5O/c1-2-3-18-23-17-8-9-26(12-16(17)20(27)24-18)11-14-10-22-25-19(14)13-4-6-15(21)7-5-13/h4-7,10H,2-3,8-9,11-12H2,1H3,(H,22,25)(H,23,24,27). The van der Waals surface area contributed by atoms with Crippen LogP contribution in [-0.4, -0.2) is 31.6 Å². The molecule has 1 aliphatic rings. The molecule has 0 spiro atoms. The number of benzene rings is 1. The highest BCUT2D eigenvalue weighted by Crippen LogP contribution is 2.25. The van der Waals surface area contributed by atoms with Gasteiger partial charge in [-0.1, -0.05) is 30.7 Å². The van der Waals surface area contributed by atoms with Crippen LogP contribution in [-0.2, 0) is 25.9 Å². The van der Waals surface area contributed by atoms with Crippen LogP contribution in [0, 0.1) is 0 Å². The largest absolute Gasteiger partial charge is 0.310 e. The zero-order valence-corrected chi connectivity index (χ0v) is 16.0. The third-order valence-corrected chi connectivity index (χ3v) is 5.18. The SMILES string of the molecule is CCCc1nc2c(c(=O)[nH]1)CN(Cc1cn[nH]c1-c1ccc(Cl)cc1)CC2. The number of aryl methyl sites for hydroxylation is 1. The molecular weight excluding hydrogens is 362 g/mol. The van der Waals surface area contributed by atoms with Crippen molar-refractivity contribution in [3.8, 4) is 11.3 Å². The summed E-state index contributed by atoms with van der Waals surface area (Å²) in [6, 6.07) is 7.71. The van der Waals surface area contributed by atoms with Crippen LogP contribution < -0.4 is 5.56 Å². The molecule has 3 aromatic rings. The number of H-pyrrole nitrogens is 2. The first-order chi connectivity index (χ1) is 13.1. The molecule has 2 aromatic heterocycles. The molecule has 3 heterocycles. The van der Waals surface area contributed by atoms with Gasteiger partial charge in [0.1, 0.15) is 5.82 Å². The smallest absolute Gasteiger partial charge is 0.255 e. The van der Waals surface area contributed by atoms with Crippen LogP contribution in [0.25, 0.3) is 11.3 Å². The lowest BCUT2D eigenvalue weighted by atomic mass is 10.0. The Morgan fingerprint density at radius 1 is 1.26 bits per heavy atom. The van der Waals surface area contributed by atoms with Crippen molar-refractivity contribution in [1.82, 2.24) is 25.1 Å². The van der Waals surface area contributed by atoms with E-state index in [2.05, 4.69) is 32.0 Å². The maximum absolute atomic E-state index is 12.5. The van der Waals surface area contributed by atoms with Gasteiger partial charge in [0, 0.05) is 43.1 Å². The minimum absolute atomic E-state index is 0.00160. The number of hydrogen-bond donors (Lipinski definition) is 2. The van der Waals surface area contributed by atoms with Gasteiger partial charge in [-0.2, -0.15) is 5.10 Å². The summed E-state index contributed by atoms with van der Waals surface area (Å²) in [5, 5.41) is 8.01. The summed E-state index contributed by atoms with van der Waals surface area (Å²) in [4.78, 5) is 22.3. The van der Waals surface area contributed by atoms with Gasteiger partial charge >= 0.3 is 0 Å². The van der Waals surface area contributed by atoms with Crippen LogP contribution in [0.15, 0.2) is 35.3 Å². The summed E-state index contributed by atoms with van der Waals surface area (Å²) in [6.07, 6.45) is 4.43. The van der Waals surface area contributed by atoms with Crippen molar-refractivity contribution >= 4 is 11.6 Å². The molecule has 4 rings (SSSR count). The third kappa shape index (κ3) is 3.82. The van der Waals surface area contributed by atoms with Crippen molar-refractivity contribution in [2.24, 2.45) is 0 Å². The molecule has 0 aliphatic carbocycles. The van der Waals surface area contributed by atoms with Gasteiger partial charge in [-0.05, 0) is 24.1 Å². The highest BCUT2D eigenvalue weighted by Gasteiger charge is 2.22. The second-order valence-corrected chi connectivity index (χ2v) is 7.36. The fourth-order valence-electron chi connectivity index (χ4n) is 3.56. The fraction of sp³-hybridized carbons (Fsp3) is 0.350. The molecular formula is C20H22ClN5O. The van der Waals surface area contributed by atoms with Crippen LogP contribution in [0.1, 0.15) is 36.0 Å².